The van der Waals surface area contributed by atoms with Gasteiger partial charge in [0.15, 0.2) is 0 Å². The summed E-state index contributed by atoms with van der Waals surface area (Å²) in [4.78, 5) is 23.3. The minimum atomic E-state index is -0.917. The second-order valence-electron chi connectivity index (χ2n) is 5.64. The SMILES string of the molecule is O=C(NCC1CSCCS1)NC(C(=O)O)C1CCCCC1. The molecule has 120 valence electrons. The molecule has 1 aliphatic carbocycles. The van der Waals surface area contributed by atoms with Crippen molar-refractivity contribution in [3.8, 4) is 0 Å². The molecule has 21 heavy (non-hydrogen) atoms. The lowest BCUT2D eigenvalue weighted by Gasteiger charge is -2.28. The number of carbonyl (C=O) groups excluding carboxylic acids is 1. The molecule has 2 rings (SSSR count). The number of aliphatic carboxylic acids is 1. The summed E-state index contributed by atoms with van der Waals surface area (Å²) >= 11 is 3.79. The third-order valence-corrected chi connectivity index (χ3v) is 6.89. The van der Waals surface area contributed by atoms with Gasteiger partial charge in [0.05, 0.1) is 0 Å². The maximum atomic E-state index is 11.9. The van der Waals surface area contributed by atoms with Crippen LogP contribution in [0.2, 0.25) is 0 Å². The largest absolute Gasteiger partial charge is 0.480 e. The summed E-state index contributed by atoms with van der Waals surface area (Å²) in [6.07, 6.45) is 5.09. The van der Waals surface area contributed by atoms with Gasteiger partial charge in [0.1, 0.15) is 6.04 Å². The number of carboxylic acids is 1. The van der Waals surface area contributed by atoms with E-state index in [9.17, 15) is 14.7 Å². The minimum Gasteiger partial charge on any atom is -0.480 e. The van der Waals surface area contributed by atoms with Crippen molar-refractivity contribution in [1.29, 1.82) is 0 Å². The topological polar surface area (TPSA) is 78.4 Å². The fourth-order valence-corrected chi connectivity index (χ4v) is 5.51. The highest BCUT2D eigenvalue weighted by molar-refractivity contribution is 8.06. The zero-order valence-corrected chi connectivity index (χ0v) is 13.8. The number of carbonyl (C=O) groups is 2. The van der Waals surface area contributed by atoms with Crippen LogP contribution in [0.3, 0.4) is 0 Å². The molecule has 1 saturated carbocycles. The molecule has 1 heterocycles. The van der Waals surface area contributed by atoms with E-state index in [-0.39, 0.29) is 11.9 Å². The lowest BCUT2D eigenvalue weighted by atomic mass is 9.84. The molecule has 0 aromatic heterocycles. The summed E-state index contributed by atoms with van der Waals surface area (Å²) in [6.45, 7) is 0.612. The van der Waals surface area contributed by atoms with Crippen LogP contribution < -0.4 is 10.6 Å². The predicted octanol–water partition coefficient (Wildman–Crippen LogP) is 2.17. The van der Waals surface area contributed by atoms with Gasteiger partial charge in [-0.05, 0) is 18.8 Å². The van der Waals surface area contributed by atoms with Crippen LogP contribution in [-0.2, 0) is 4.79 Å². The maximum Gasteiger partial charge on any atom is 0.326 e. The molecule has 7 heteroatoms. The van der Waals surface area contributed by atoms with Crippen LogP contribution in [-0.4, -0.2) is 52.2 Å². The zero-order chi connectivity index (χ0) is 15.1. The molecule has 2 fully saturated rings. The summed E-state index contributed by atoms with van der Waals surface area (Å²) in [5.41, 5.74) is 0. The van der Waals surface area contributed by atoms with E-state index >= 15 is 0 Å². The fourth-order valence-electron chi connectivity index (χ4n) is 2.90. The van der Waals surface area contributed by atoms with Crippen molar-refractivity contribution in [3.05, 3.63) is 0 Å². The van der Waals surface area contributed by atoms with Crippen LogP contribution in [0.1, 0.15) is 32.1 Å². The van der Waals surface area contributed by atoms with Gasteiger partial charge >= 0.3 is 12.0 Å². The zero-order valence-electron chi connectivity index (χ0n) is 12.2. The van der Waals surface area contributed by atoms with Crippen LogP contribution in [0.5, 0.6) is 0 Å². The Morgan fingerprint density at radius 1 is 1.19 bits per heavy atom. The first kappa shape index (κ1) is 16.8. The second kappa shape index (κ2) is 8.78. The number of thioether (sulfide) groups is 2. The minimum absolute atomic E-state index is 0.0709. The van der Waals surface area contributed by atoms with E-state index in [4.69, 9.17) is 0 Å². The summed E-state index contributed by atoms with van der Waals surface area (Å²) in [5, 5.41) is 15.3. The van der Waals surface area contributed by atoms with Crippen molar-refractivity contribution in [1.82, 2.24) is 10.6 Å². The number of nitrogens with one attached hydrogen (secondary N) is 2. The molecule has 0 spiro atoms. The second-order valence-corrected chi connectivity index (χ2v) is 8.19. The Balaban J connectivity index is 1.76. The normalized spacial score (nSPS) is 25.0. The molecular formula is C14H24N2O3S2. The monoisotopic (exact) mass is 332 g/mol. The average Bonchev–Trinajstić information content (AvgIpc) is 2.52. The van der Waals surface area contributed by atoms with E-state index in [2.05, 4.69) is 10.6 Å². The molecule has 1 aliphatic heterocycles. The first-order chi connectivity index (χ1) is 10.2. The van der Waals surface area contributed by atoms with Gasteiger partial charge in [-0.2, -0.15) is 23.5 Å². The van der Waals surface area contributed by atoms with Gasteiger partial charge < -0.3 is 15.7 Å². The summed E-state index contributed by atoms with van der Waals surface area (Å²) in [5.74, 6) is 2.51. The van der Waals surface area contributed by atoms with Crippen LogP contribution in [0.15, 0.2) is 0 Å². The Kier molecular flexibility index (Phi) is 7.03. The Morgan fingerprint density at radius 3 is 2.57 bits per heavy atom. The summed E-state index contributed by atoms with van der Waals surface area (Å²) in [7, 11) is 0. The van der Waals surface area contributed by atoms with E-state index in [0.29, 0.717) is 11.8 Å². The third-order valence-electron chi connectivity index (χ3n) is 4.05. The Hall–Kier alpha value is -0.560. The van der Waals surface area contributed by atoms with Gasteiger partial charge in [0.25, 0.3) is 0 Å². The number of carboxylic acid groups (broad SMARTS) is 1. The molecule has 2 aliphatic rings. The van der Waals surface area contributed by atoms with Gasteiger partial charge in [0.2, 0.25) is 0 Å². The standard InChI is InChI=1S/C14H24N2O3S2/c17-13(18)12(10-4-2-1-3-5-10)16-14(19)15-8-11-9-20-6-7-21-11/h10-12H,1-9H2,(H,17,18)(H2,15,16,19). The van der Waals surface area contributed by atoms with Crippen molar-refractivity contribution in [3.63, 3.8) is 0 Å². The molecule has 2 amide bonds. The molecule has 2 atom stereocenters. The summed E-state index contributed by atoms with van der Waals surface area (Å²) < 4.78 is 0. The van der Waals surface area contributed by atoms with Gasteiger partial charge in [-0.15, -0.1) is 0 Å². The summed E-state index contributed by atoms with van der Waals surface area (Å²) in [6, 6.07) is -1.09. The Morgan fingerprint density at radius 2 is 1.95 bits per heavy atom. The molecule has 2 unspecified atom stereocenters. The number of hydrogen-bond acceptors (Lipinski definition) is 4. The predicted molar refractivity (Wildman–Crippen MR) is 88.1 cm³/mol. The van der Waals surface area contributed by atoms with Gasteiger partial charge in [-0.25, -0.2) is 9.59 Å². The highest BCUT2D eigenvalue weighted by atomic mass is 32.2. The number of amides is 2. The van der Waals surface area contributed by atoms with Gasteiger partial charge in [0, 0.05) is 29.1 Å². The van der Waals surface area contributed by atoms with E-state index in [1.807, 2.05) is 23.5 Å². The molecule has 0 radical (unpaired) electrons. The van der Waals surface area contributed by atoms with Gasteiger partial charge in [-0.3, -0.25) is 0 Å². The molecular weight excluding hydrogens is 308 g/mol. The Bertz CT molecular complexity index is 356. The average molecular weight is 332 g/mol. The lowest BCUT2D eigenvalue weighted by Crippen LogP contribution is -2.51. The van der Waals surface area contributed by atoms with Crippen molar-refractivity contribution in [2.24, 2.45) is 5.92 Å². The molecule has 1 saturated heterocycles. The number of rotatable bonds is 5. The van der Waals surface area contributed by atoms with E-state index in [1.165, 1.54) is 12.2 Å². The van der Waals surface area contributed by atoms with E-state index in [0.717, 1.165) is 37.2 Å². The first-order valence-corrected chi connectivity index (χ1v) is 9.83. The highest BCUT2D eigenvalue weighted by Gasteiger charge is 2.30. The fraction of sp³-hybridized carbons (Fsp3) is 0.857. The molecule has 0 aromatic carbocycles. The van der Waals surface area contributed by atoms with Crippen molar-refractivity contribution in [2.45, 2.75) is 43.4 Å². The van der Waals surface area contributed by atoms with Crippen molar-refractivity contribution >= 4 is 35.5 Å². The van der Waals surface area contributed by atoms with Crippen LogP contribution in [0.25, 0.3) is 0 Å². The molecule has 0 aromatic rings. The molecule has 0 bridgehead atoms. The van der Waals surface area contributed by atoms with Crippen LogP contribution >= 0.6 is 23.5 Å². The first-order valence-electron chi connectivity index (χ1n) is 7.63. The highest BCUT2D eigenvalue weighted by Crippen LogP contribution is 2.26. The number of urea groups is 1. The quantitative estimate of drug-likeness (QED) is 0.719. The smallest absolute Gasteiger partial charge is 0.326 e. The third kappa shape index (κ3) is 5.62. The van der Waals surface area contributed by atoms with Gasteiger partial charge in [-0.1, -0.05) is 19.3 Å². The van der Waals surface area contributed by atoms with Crippen molar-refractivity contribution < 1.29 is 14.7 Å². The van der Waals surface area contributed by atoms with Crippen LogP contribution in [0.4, 0.5) is 4.79 Å². The Labute approximate surface area is 134 Å². The maximum absolute atomic E-state index is 11.9. The lowest BCUT2D eigenvalue weighted by molar-refractivity contribution is -0.141. The molecule has 5 nitrogen and oxygen atoms in total. The number of hydrogen-bond donors (Lipinski definition) is 3. The van der Waals surface area contributed by atoms with Crippen molar-refractivity contribution in [2.75, 3.05) is 23.8 Å². The van der Waals surface area contributed by atoms with Crippen LogP contribution in [0, 0.1) is 5.92 Å². The van der Waals surface area contributed by atoms with E-state index in [1.54, 1.807) is 0 Å². The molecule has 3 N–H and O–H groups in total. The van der Waals surface area contributed by atoms with E-state index < -0.39 is 12.0 Å².